The molecule has 38 heavy (non-hydrogen) atoms. The molecule has 0 aliphatic carbocycles. The van der Waals surface area contributed by atoms with Gasteiger partial charge < -0.3 is 20.5 Å². The van der Waals surface area contributed by atoms with Crippen LogP contribution in [0.25, 0.3) is 11.1 Å². The molecule has 0 spiro atoms. The molecule has 0 saturated carbocycles. The fraction of sp³-hybridized carbons (Fsp3) is 0.133. The van der Waals surface area contributed by atoms with Gasteiger partial charge in [-0.25, -0.2) is 9.59 Å². The lowest BCUT2D eigenvalue weighted by Crippen LogP contribution is -2.20. The highest BCUT2D eigenvalue weighted by molar-refractivity contribution is 6.34. The van der Waals surface area contributed by atoms with E-state index >= 15 is 0 Å². The minimum absolute atomic E-state index is 0.00613. The number of amides is 2. The number of rotatable bonds is 6. The standard InChI is InChI=1S/C30H26Cl2N2O4/c1-30(2,3)21-8-4-7-11-26(21)38-27-15-13-19(18-12-14-20(28(35)36)23(32)16-18)17-25(27)34-29(37)33-24-10-6-5-9-22(24)31/h4-17H,1-3H3,(H,35,36)(H2,33,34,37). The first kappa shape index (κ1) is 27.0. The molecule has 0 unspecified atom stereocenters. The lowest BCUT2D eigenvalue weighted by atomic mass is 9.86. The summed E-state index contributed by atoms with van der Waals surface area (Å²) < 4.78 is 6.33. The zero-order chi connectivity index (χ0) is 27.4. The molecule has 0 saturated heterocycles. The number of para-hydroxylation sites is 2. The second-order valence-electron chi connectivity index (χ2n) is 9.62. The van der Waals surface area contributed by atoms with Crippen molar-refractivity contribution in [2.45, 2.75) is 26.2 Å². The zero-order valence-corrected chi connectivity index (χ0v) is 22.5. The van der Waals surface area contributed by atoms with Crippen LogP contribution in [0.5, 0.6) is 11.5 Å². The first-order chi connectivity index (χ1) is 18.0. The van der Waals surface area contributed by atoms with Crippen molar-refractivity contribution in [1.82, 2.24) is 0 Å². The summed E-state index contributed by atoms with van der Waals surface area (Å²) in [6.45, 7) is 6.29. The van der Waals surface area contributed by atoms with E-state index in [9.17, 15) is 14.7 Å². The van der Waals surface area contributed by atoms with Crippen LogP contribution in [0.3, 0.4) is 0 Å². The number of carboxylic acid groups (broad SMARTS) is 1. The Morgan fingerprint density at radius 1 is 0.737 bits per heavy atom. The smallest absolute Gasteiger partial charge is 0.337 e. The van der Waals surface area contributed by atoms with E-state index in [4.69, 9.17) is 27.9 Å². The highest BCUT2D eigenvalue weighted by Gasteiger charge is 2.20. The van der Waals surface area contributed by atoms with Crippen LogP contribution in [0.4, 0.5) is 16.2 Å². The van der Waals surface area contributed by atoms with Gasteiger partial charge in [-0.15, -0.1) is 0 Å². The van der Waals surface area contributed by atoms with Gasteiger partial charge in [-0.3, -0.25) is 0 Å². The number of carbonyl (C=O) groups is 2. The summed E-state index contributed by atoms with van der Waals surface area (Å²) in [6, 6.07) is 24.1. The molecule has 8 heteroatoms. The summed E-state index contributed by atoms with van der Waals surface area (Å²) in [5.74, 6) is -0.0226. The number of hydrogen-bond acceptors (Lipinski definition) is 3. The van der Waals surface area contributed by atoms with Crippen molar-refractivity contribution >= 4 is 46.6 Å². The van der Waals surface area contributed by atoms with Crippen molar-refractivity contribution in [2.24, 2.45) is 0 Å². The van der Waals surface area contributed by atoms with Crippen LogP contribution in [-0.4, -0.2) is 17.1 Å². The van der Waals surface area contributed by atoms with Crippen molar-refractivity contribution in [3.05, 3.63) is 106 Å². The van der Waals surface area contributed by atoms with Gasteiger partial charge >= 0.3 is 12.0 Å². The van der Waals surface area contributed by atoms with Crippen molar-refractivity contribution < 1.29 is 19.4 Å². The predicted molar refractivity (Wildman–Crippen MR) is 153 cm³/mol. The number of ether oxygens (including phenoxy) is 1. The fourth-order valence-electron chi connectivity index (χ4n) is 3.90. The normalized spacial score (nSPS) is 11.1. The molecule has 2 amide bonds. The molecule has 0 aliphatic rings. The number of urea groups is 1. The van der Waals surface area contributed by atoms with E-state index in [1.807, 2.05) is 30.3 Å². The lowest BCUT2D eigenvalue weighted by Gasteiger charge is -2.23. The maximum Gasteiger partial charge on any atom is 0.337 e. The number of carbonyl (C=O) groups excluding carboxylic acids is 1. The Hall–Kier alpha value is -4.00. The Kier molecular flexibility index (Phi) is 7.95. The molecular formula is C30H26Cl2N2O4. The first-order valence-electron chi connectivity index (χ1n) is 11.8. The molecule has 0 aromatic heterocycles. The molecule has 4 rings (SSSR count). The largest absolute Gasteiger partial charge is 0.478 e. The third-order valence-corrected chi connectivity index (χ3v) is 6.44. The number of halogens is 2. The highest BCUT2D eigenvalue weighted by atomic mass is 35.5. The molecular weight excluding hydrogens is 523 g/mol. The summed E-state index contributed by atoms with van der Waals surface area (Å²) in [5.41, 5.74) is 3.07. The van der Waals surface area contributed by atoms with Gasteiger partial charge in [0.25, 0.3) is 0 Å². The summed E-state index contributed by atoms with van der Waals surface area (Å²) in [5, 5.41) is 15.4. The summed E-state index contributed by atoms with van der Waals surface area (Å²) in [7, 11) is 0. The average Bonchev–Trinajstić information content (AvgIpc) is 2.86. The van der Waals surface area contributed by atoms with E-state index in [2.05, 4.69) is 31.4 Å². The monoisotopic (exact) mass is 548 g/mol. The molecule has 3 N–H and O–H groups in total. The van der Waals surface area contributed by atoms with Crippen LogP contribution in [0, 0.1) is 0 Å². The Labute approximate surface area is 231 Å². The van der Waals surface area contributed by atoms with Crippen LogP contribution in [0.1, 0.15) is 36.7 Å². The summed E-state index contributed by atoms with van der Waals surface area (Å²) in [4.78, 5) is 24.3. The predicted octanol–water partition coefficient (Wildman–Crippen LogP) is 9.09. The van der Waals surface area contributed by atoms with Gasteiger partial charge in [-0.2, -0.15) is 0 Å². The SMILES string of the molecule is CC(C)(C)c1ccccc1Oc1ccc(-c2ccc(C(=O)O)c(Cl)c2)cc1NC(=O)Nc1ccccc1Cl. The van der Waals surface area contributed by atoms with Gasteiger partial charge in [0.2, 0.25) is 0 Å². The third-order valence-electron chi connectivity index (χ3n) is 5.80. The minimum atomic E-state index is -1.11. The summed E-state index contributed by atoms with van der Waals surface area (Å²) >= 11 is 12.4. The van der Waals surface area contributed by atoms with E-state index in [1.165, 1.54) is 6.07 Å². The molecule has 0 fully saturated rings. The van der Waals surface area contributed by atoms with Crippen LogP contribution < -0.4 is 15.4 Å². The Morgan fingerprint density at radius 3 is 2.05 bits per heavy atom. The van der Waals surface area contributed by atoms with E-state index in [1.54, 1.807) is 48.5 Å². The molecule has 4 aromatic carbocycles. The molecule has 194 valence electrons. The number of benzene rings is 4. The van der Waals surface area contributed by atoms with E-state index in [-0.39, 0.29) is 16.0 Å². The number of aromatic carboxylic acids is 1. The van der Waals surface area contributed by atoms with Gasteiger partial charge in [0.05, 0.1) is 27.0 Å². The quantitative estimate of drug-likeness (QED) is 0.224. The van der Waals surface area contributed by atoms with E-state index < -0.39 is 12.0 Å². The van der Waals surface area contributed by atoms with Gasteiger partial charge in [0, 0.05) is 5.56 Å². The highest BCUT2D eigenvalue weighted by Crippen LogP contribution is 2.39. The van der Waals surface area contributed by atoms with Crippen LogP contribution in [0.2, 0.25) is 10.0 Å². The van der Waals surface area contributed by atoms with Gasteiger partial charge in [-0.05, 0) is 59.0 Å². The Bertz CT molecular complexity index is 1510. The van der Waals surface area contributed by atoms with E-state index in [0.717, 1.165) is 5.56 Å². The molecule has 0 atom stereocenters. The van der Waals surface area contributed by atoms with Crippen molar-refractivity contribution in [3.63, 3.8) is 0 Å². The lowest BCUT2D eigenvalue weighted by molar-refractivity contribution is 0.0697. The first-order valence-corrected chi connectivity index (χ1v) is 12.6. The summed E-state index contributed by atoms with van der Waals surface area (Å²) in [6.07, 6.45) is 0. The maximum absolute atomic E-state index is 13.0. The zero-order valence-electron chi connectivity index (χ0n) is 21.0. The number of carboxylic acids is 1. The molecule has 0 heterocycles. The molecule has 6 nitrogen and oxygen atoms in total. The molecule has 0 radical (unpaired) electrons. The Balaban J connectivity index is 1.73. The van der Waals surface area contributed by atoms with Gasteiger partial charge in [-0.1, -0.05) is 86.4 Å². The van der Waals surface area contributed by atoms with Gasteiger partial charge in [0.15, 0.2) is 5.75 Å². The van der Waals surface area contributed by atoms with Crippen molar-refractivity contribution in [1.29, 1.82) is 0 Å². The minimum Gasteiger partial charge on any atom is -0.478 e. The third kappa shape index (κ3) is 6.28. The van der Waals surface area contributed by atoms with Crippen LogP contribution >= 0.6 is 23.2 Å². The number of nitrogens with one attached hydrogen (secondary N) is 2. The molecule has 4 aromatic rings. The topological polar surface area (TPSA) is 87.7 Å². The molecule has 0 bridgehead atoms. The maximum atomic E-state index is 13.0. The van der Waals surface area contributed by atoms with Crippen LogP contribution in [-0.2, 0) is 5.41 Å². The van der Waals surface area contributed by atoms with Crippen molar-refractivity contribution in [3.8, 4) is 22.6 Å². The Morgan fingerprint density at radius 2 is 1.37 bits per heavy atom. The average molecular weight is 549 g/mol. The fourth-order valence-corrected chi connectivity index (χ4v) is 4.34. The second-order valence-corrected chi connectivity index (χ2v) is 10.4. The second kappa shape index (κ2) is 11.2. The van der Waals surface area contributed by atoms with Crippen LogP contribution in [0.15, 0.2) is 84.9 Å². The number of hydrogen-bond donors (Lipinski definition) is 3. The number of anilines is 2. The van der Waals surface area contributed by atoms with E-state index in [0.29, 0.717) is 39.0 Å². The molecule has 0 aliphatic heterocycles. The van der Waals surface area contributed by atoms with Crippen molar-refractivity contribution in [2.75, 3.05) is 10.6 Å². The van der Waals surface area contributed by atoms with Gasteiger partial charge in [0.1, 0.15) is 5.75 Å².